The first-order valence-corrected chi connectivity index (χ1v) is 5.84. The summed E-state index contributed by atoms with van der Waals surface area (Å²) in [6.07, 6.45) is 3.40. The number of rotatable bonds is 3. The van der Waals surface area contributed by atoms with Gasteiger partial charge in [0.15, 0.2) is 5.75 Å². The molecule has 0 spiro atoms. The van der Waals surface area contributed by atoms with E-state index in [0.717, 1.165) is 28.5 Å². The van der Waals surface area contributed by atoms with Crippen LogP contribution in [0.1, 0.15) is 17.0 Å². The number of nitrogens with zero attached hydrogens (tertiary/aromatic N) is 3. The van der Waals surface area contributed by atoms with Crippen LogP contribution in [0.2, 0.25) is 0 Å². The highest BCUT2D eigenvalue weighted by Gasteiger charge is 2.13. The molecule has 0 saturated heterocycles. The predicted molar refractivity (Wildman–Crippen MR) is 66.6 cm³/mol. The maximum Gasteiger partial charge on any atom is 0.171 e. The van der Waals surface area contributed by atoms with E-state index in [9.17, 15) is 0 Å². The van der Waals surface area contributed by atoms with Crippen LogP contribution in [0.15, 0.2) is 18.5 Å². The van der Waals surface area contributed by atoms with Gasteiger partial charge in [-0.05, 0) is 19.9 Å². The number of pyridine rings is 1. The summed E-state index contributed by atoms with van der Waals surface area (Å²) in [4.78, 5) is 4.02. The first-order chi connectivity index (χ1) is 8.13. The molecule has 4 nitrogen and oxygen atoms in total. The summed E-state index contributed by atoms with van der Waals surface area (Å²) in [7, 11) is 1.89. The summed E-state index contributed by atoms with van der Waals surface area (Å²) in [5.41, 5.74) is 2.72. The third-order valence-corrected chi connectivity index (χ3v) is 2.95. The van der Waals surface area contributed by atoms with Crippen LogP contribution in [0.3, 0.4) is 0 Å². The molecule has 2 rings (SSSR count). The maximum absolute atomic E-state index is 5.88. The molecule has 17 heavy (non-hydrogen) atoms. The molecule has 0 aliphatic rings. The SMILES string of the molecule is Cc1nn(C)c(C)c1Oc1ccncc1CCl. The lowest BCUT2D eigenvalue weighted by Gasteiger charge is -2.08. The largest absolute Gasteiger partial charge is 0.453 e. The van der Waals surface area contributed by atoms with Crippen molar-refractivity contribution in [2.24, 2.45) is 7.05 Å². The molecule has 0 aliphatic carbocycles. The van der Waals surface area contributed by atoms with Gasteiger partial charge in [0.05, 0.1) is 11.6 Å². The number of alkyl halides is 1. The van der Waals surface area contributed by atoms with Crippen LogP contribution >= 0.6 is 11.6 Å². The van der Waals surface area contributed by atoms with Crippen LogP contribution in [-0.4, -0.2) is 14.8 Å². The number of ether oxygens (including phenoxy) is 1. The lowest BCUT2D eigenvalue weighted by molar-refractivity contribution is 0.469. The van der Waals surface area contributed by atoms with Crippen molar-refractivity contribution in [2.45, 2.75) is 19.7 Å². The van der Waals surface area contributed by atoms with Gasteiger partial charge in [-0.1, -0.05) is 0 Å². The Kier molecular flexibility index (Phi) is 3.33. The molecule has 0 aliphatic heterocycles. The molecule has 0 atom stereocenters. The Morgan fingerprint density at radius 1 is 1.41 bits per heavy atom. The van der Waals surface area contributed by atoms with E-state index in [2.05, 4.69) is 10.1 Å². The number of aryl methyl sites for hydroxylation is 2. The molecule has 2 aromatic heterocycles. The zero-order valence-electron chi connectivity index (χ0n) is 10.1. The fraction of sp³-hybridized carbons (Fsp3) is 0.333. The molecule has 2 aromatic rings. The molecule has 0 bridgehead atoms. The Hall–Kier alpha value is -1.55. The summed E-state index contributed by atoms with van der Waals surface area (Å²) in [6.45, 7) is 3.89. The van der Waals surface area contributed by atoms with Crippen molar-refractivity contribution in [3.63, 3.8) is 0 Å². The lowest BCUT2D eigenvalue weighted by Crippen LogP contribution is -1.94. The van der Waals surface area contributed by atoms with Crippen molar-refractivity contribution in [2.75, 3.05) is 0 Å². The minimum Gasteiger partial charge on any atom is -0.453 e. The van der Waals surface area contributed by atoms with E-state index in [1.165, 1.54) is 0 Å². The average molecular weight is 252 g/mol. The van der Waals surface area contributed by atoms with Gasteiger partial charge in [0.2, 0.25) is 0 Å². The third kappa shape index (κ3) is 2.26. The molecule has 2 heterocycles. The van der Waals surface area contributed by atoms with E-state index < -0.39 is 0 Å². The topological polar surface area (TPSA) is 39.9 Å². The Morgan fingerprint density at radius 3 is 2.76 bits per heavy atom. The Morgan fingerprint density at radius 2 is 2.18 bits per heavy atom. The quantitative estimate of drug-likeness (QED) is 0.788. The van der Waals surface area contributed by atoms with E-state index in [1.807, 2.05) is 27.0 Å². The van der Waals surface area contributed by atoms with Crippen LogP contribution in [0.5, 0.6) is 11.5 Å². The van der Waals surface area contributed by atoms with E-state index in [-0.39, 0.29) is 0 Å². The van der Waals surface area contributed by atoms with Gasteiger partial charge in [0.25, 0.3) is 0 Å². The smallest absolute Gasteiger partial charge is 0.171 e. The summed E-state index contributed by atoms with van der Waals surface area (Å²) in [6, 6.07) is 1.81. The number of hydrogen-bond acceptors (Lipinski definition) is 3. The van der Waals surface area contributed by atoms with Gasteiger partial charge in [-0.3, -0.25) is 9.67 Å². The molecule has 5 heteroatoms. The van der Waals surface area contributed by atoms with Crippen molar-refractivity contribution >= 4 is 11.6 Å². The third-order valence-electron chi connectivity index (χ3n) is 2.66. The van der Waals surface area contributed by atoms with E-state index in [1.54, 1.807) is 17.1 Å². The summed E-state index contributed by atoms with van der Waals surface area (Å²) >= 11 is 5.84. The van der Waals surface area contributed by atoms with Crippen LogP contribution in [0.4, 0.5) is 0 Å². The molecule has 0 unspecified atom stereocenters. The number of aromatic nitrogens is 3. The fourth-order valence-corrected chi connectivity index (χ4v) is 1.83. The zero-order chi connectivity index (χ0) is 12.4. The Bertz CT molecular complexity index is 537. The first-order valence-electron chi connectivity index (χ1n) is 5.30. The van der Waals surface area contributed by atoms with Crippen molar-refractivity contribution in [1.82, 2.24) is 14.8 Å². The first kappa shape index (κ1) is 11.9. The van der Waals surface area contributed by atoms with Crippen molar-refractivity contribution in [3.05, 3.63) is 35.4 Å². The molecule has 0 saturated carbocycles. The average Bonchev–Trinajstić information content (AvgIpc) is 2.57. The normalized spacial score (nSPS) is 10.6. The molecular formula is C12H14ClN3O. The second-order valence-electron chi connectivity index (χ2n) is 3.84. The molecular weight excluding hydrogens is 238 g/mol. The second kappa shape index (κ2) is 4.75. The second-order valence-corrected chi connectivity index (χ2v) is 4.11. The number of hydrogen-bond donors (Lipinski definition) is 0. The van der Waals surface area contributed by atoms with Crippen molar-refractivity contribution < 1.29 is 4.74 Å². The van der Waals surface area contributed by atoms with E-state index in [0.29, 0.717) is 5.88 Å². The fourth-order valence-electron chi connectivity index (χ4n) is 1.63. The minimum atomic E-state index is 0.377. The summed E-state index contributed by atoms with van der Waals surface area (Å²) in [5.74, 6) is 1.89. The van der Waals surface area contributed by atoms with Crippen LogP contribution in [-0.2, 0) is 12.9 Å². The molecule has 0 aromatic carbocycles. The Labute approximate surface area is 105 Å². The molecule has 0 N–H and O–H groups in total. The van der Waals surface area contributed by atoms with Gasteiger partial charge in [-0.2, -0.15) is 5.10 Å². The minimum absolute atomic E-state index is 0.377. The maximum atomic E-state index is 5.88. The van der Waals surface area contributed by atoms with Gasteiger partial charge in [0.1, 0.15) is 11.4 Å². The standard InChI is InChI=1S/C12H14ClN3O/c1-8-12(9(2)16(3)15-8)17-11-4-5-14-7-10(11)6-13/h4-5,7H,6H2,1-3H3. The molecule has 90 valence electrons. The van der Waals surface area contributed by atoms with Gasteiger partial charge < -0.3 is 4.74 Å². The molecule has 0 amide bonds. The van der Waals surface area contributed by atoms with Crippen molar-refractivity contribution in [3.8, 4) is 11.5 Å². The highest BCUT2D eigenvalue weighted by Crippen LogP contribution is 2.30. The van der Waals surface area contributed by atoms with Gasteiger partial charge >= 0.3 is 0 Å². The van der Waals surface area contributed by atoms with E-state index >= 15 is 0 Å². The molecule has 0 radical (unpaired) electrons. The van der Waals surface area contributed by atoms with Crippen LogP contribution in [0.25, 0.3) is 0 Å². The van der Waals surface area contributed by atoms with Gasteiger partial charge in [-0.25, -0.2) is 0 Å². The predicted octanol–water partition coefficient (Wildman–Crippen LogP) is 2.96. The van der Waals surface area contributed by atoms with E-state index in [4.69, 9.17) is 16.3 Å². The zero-order valence-corrected chi connectivity index (χ0v) is 10.8. The highest BCUT2D eigenvalue weighted by molar-refractivity contribution is 6.17. The van der Waals surface area contributed by atoms with Gasteiger partial charge in [0, 0.05) is 25.0 Å². The summed E-state index contributed by atoms with van der Waals surface area (Å²) in [5, 5.41) is 4.31. The Balaban J connectivity index is 2.38. The van der Waals surface area contributed by atoms with Crippen LogP contribution in [0, 0.1) is 13.8 Å². The lowest BCUT2D eigenvalue weighted by atomic mass is 10.3. The highest BCUT2D eigenvalue weighted by atomic mass is 35.5. The van der Waals surface area contributed by atoms with Crippen LogP contribution < -0.4 is 4.74 Å². The molecule has 0 fully saturated rings. The van der Waals surface area contributed by atoms with Crippen molar-refractivity contribution in [1.29, 1.82) is 0 Å². The number of halogens is 1. The monoisotopic (exact) mass is 251 g/mol. The summed E-state index contributed by atoms with van der Waals surface area (Å²) < 4.78 is 7.67. The van der Waals surface area contributed by atoms with Gasteiger partial charge in [-0.15, -0.1) is 11.6 Å².